The lowest BCUT2D eigenvalue weighted by molar-refractivity contribution is -0.123. The molecule has 0 aliphatic rings. The average Bonchev–Trinajstić information content (AvgIpc) is 2.02. The fraction of sp³-hybridized carbons (Fsp3) is 0.875. The van der Waals surface area contributed by atoms with E-state index in [0.717, 1.165) is 0 Å². The van der Waals surface area contributed by atoms with E-state index in [1.54, 1.807) is 13.8 Å². The minimum atomic E-state index is -0.750. The molecule has 0 radical (unpaired) electrons. The van der Waals surface area contributed by atoms with Gasteiger partial charge in [-0.25, -0.2) is 0 Å². The molecule has 2 atom stereocenters. The van der Waals surface area contributed by atoms with Gasteiger partial charge in [0.05, 0.1) is 12.7 Å². The average molecular weight is 160 g/mol. The van der Waals surface area contributed by atoms with E-state index >= 15 is 0 Å². The van der Waals surface area contributed by atoms with E-state index in [4.69, 9.17) is 10.2 Å². The third-order valence-electron chi connectivity index (χ3n) is 1.73. The molecule has 0 aromatic heterocycles. The summed E-state index contributed by atoms with van der Waals surface area (Å²) in [5.74, 6) is -0.000324. The zero-order valence-electron chi connectivity index (χ0n) is 7.08. The third kappa shape index (κ3) is 4.11. The molecule has 0 saturated heterocycles. The maximum absolute atomic E-state index is 11.0. The molecule has 0 bridgehead atoms. The molecule has 0 amide bonds. The van der Waals surface area contributed by atoms with Gasteiger partial charge in [-0.15, -0.1) is 0 Å². The first-order valence-electron chi connectivity index (χ1n) is 3.93. The zero-order chi connectivity index (χ0) is 8.85. The number of hydrogen-bond donors (Lipinski definition) is 2. The molecule has 66 valence electrons. The number of rotatable bonds is 5. The summed E-state index contributed by atoms with van der Waals surface area (Å²) in [6, 6.07) is 0. The van der Waals surface area contributed by atoms with Crippen LogP contribution in [0.2, 0.25) is 0 Å². The van der Waals surface area contributed by atoms with Crippen molar-refractivity contribution in [3.63, 3.8) is 0 Å². The van der Waals surface area contributed by atoms with E-state index in [0.29, 0.717) is 12.8 Å². The van der Waals surface area contributed by atoms with Crippen LogP contribution in [0.5, 0.6) is 0 Å². The molecule has 0 spiro atoms. The Bertz CT molecular complexity index is 123. The van der Waals surface area contributed by atoms with Crippen molar-refractivity contribution in [3.8, 4) is 0 Å². The van der Waals surface area contributed by atoms with Crippen LogP contribution in [0, 0.1) is 5.92 Å². The monoisotopic (exact) mass is 160 g/mol. The van der Waals surface area contributed by atoms with Gasteiger partial charge in [-0.3, -0.25) is 4.79 Å². The molecule has 0 aliphatic heterocycles. The second kappa shape index (κ2) is 5.27. The van der Waals surface area contributed by atoms with Crippen molar-refractivity contribution < 1.29 is 15.0 Å². The molecule has 0 saturated carbocycles. The van der Waals surface area contributed by atoms with Crippen molar-refractivity contribution in [1.29, 1.82) is 0 Å². The van der Waals surface area contributed by atoms with Gasteiger partial charge in [-0.05, 0) is 6.42 Å². The maximum Gasteiger partial charge on any atom is 0.135 e. The van der Waals surface area contributed by atoms with Gasteiger partial charge in [0.2, 0.25) is 0 Å². The minimum Gasteiger partial charge on any atom is -0.394 e. The summed E-state index contributed by atoms with van der Waals surface area (Å²) in [6.07, 6.45) is 0.114. The van der Waals surface area contributed by atoms with Gasteiger partial charge in [0.1, 0.15) is 5.78 Å². The Balaban J connectivity index is 3.67. The summed E-state index contributed by atoms with van der Waals surface area (Å²) in [5.41, 5.74) is 0. The molecule has 0 aromatic rings. The summed E-state index contributed by atoms with van der Waals surface area (Å²) < 4.78 is 0. The molecular weight excluding hydrogens is 144 g/mol. The Kier molecular flexibility index (Phi) is 5.07. The van der Waals surface area contributed by atoms with Gasteiger partial charge >= 0.3 is 0 Å². The highest BCUT2D eigenvalue weighted by Gasteiger charge is 2.14. The molecule has 2 unspecified atom stereocenters. The number of hydrogen-bond acceptors (Lipinski definition) is 3. The fourth-order valence-corrected chi connectivity index (χ4v) is 0.963. The van der Waals surface area contributed by atoms with Crippen LogP contribution in [0.1, 0.15) is 26.7 Å². The van der Waals surface area contributed by atoms with E-state index < -0.39 is 6.10 Å². The number of Topliss-reactive ketones (excluding diaryl/α,β-unsaturated/α-hetero) is 1. The Hall–Kier alpha value is -0.410. The van der Waals surface area contributed by atoms with E-state index in [1.165, 1.54) is 0 Å². The predicted octanol–water partition coefficient (Wildman–Crippen LogP) is 0.345. The van der Waals surface area contributed by atoms with Crippen molar-refractivity contribution in [2.75, 3.05) is 6.61 Å². The molecule has 2 N–H and O–H groups in total. The van der Waals surface area contributed by atoms with Crippen LogP contribution in [-0.4, -0.2) is 28.7 Å². The van der Waals surface area contributed by atoms with Crippen LogP contribution >= 0.6 is 0 Å². The number of carbonyl (C=O) groups excluding carboxylic acids is 1. The largest absolute Gasteiger partial charge is 0.394 e. The number of aliphatic hydroxyl groups is 2. The van der Waals surface area contributed by atoms with Gasteiger partial charge in [-0.1, -0.05) is 13.8 Å². The van der Waals surface area contributed by atoms with Crippen molar-refractivity contribution in [2.45, 2.75) is 32.8 Å². The molecule has 3 nitrogen and oxygen atoms in total. The second-order valence-electron chi connectivity index (χ2n) is 2.79. The third-order valence-corrected chi connectivity index (χ3v) is 1.73. The maximum atomic E-state index is 11.0. The summed E-state index contributed by atoms with van der Waals surface area (Å²) in [4.78, 5) is 11.0. The summed E-state index contributed by atoms with van der Waals surface area (Å²) in [7, 11) is 0. The van der Waals surface area contributed by atoms with Gasteiger partial charge < -0.3 is 10.2 Å². The van der Waals surface area contributed by atoms with Crippen molar-refractivity contribution in [1.82, 2.24) is 0 Å². The fourth-order valence-electron chi connectivity index (χ4n) is 0.963. The van der Waals surface area contributed by atoms with Crippen LogP contribution < -0.4 is 0 Å². The highest BCUT2D eigenvalue weighted by molar-refractivity contribution is 5.80. The van der Waals surface area contributed by atoms with Crippen molar-refractivity contribution in [2.24, 2.45) is 5.92 Å². The van der Waals surface area contributed by atoms with E-state index in [2.05, 4.69) is 0 Å². The molecule has 0 aliphatic carbocycles. The van der Waals surface area contributed by atoms with Crippen molar-refractivity contribution >= 4 is 5.78 Å². The van der Waals surface area contributed by atoms with E-state index in [1.807, 2.05) is 0 Å². The van der Waals surface area contributed by atoms with Gasteiger partial charge in [0, 0.05) is 12.3 Å². The van der Waals surface area contributed by atoms with Gasteiger partial charge in [-0.2, -0.15) is 0 Å². The lowest BCUT2D eigenvalue weighted by Crippen LogP contribution is -2.20. The molecule has 0 heterocycles. The van der Waals surface area contributed by atoms with Crippen LogP contribution in [0.15, 0.2) is 0 Å². The lowest BCUT2D eigenvalue weighted by Gasteiger charge is -2.12. The van der Waals surface area contributed by atoms with Crippen LogP contribution in [-0.2, 0) is 4.79 Å². The summed E-state index contributed by atoms with van der Waals surface area (Å²) in [5, 5.41) is 17.4. The number of aliphatic hydroxyl groups excluding tert-OH is 2. The Morgan fingerprint density at radius 2 is 2.09 bits per heavy atom. The first-order chi connectivity index (χ1) is 5.11. The SMILES string of the molecule is CCC(=O)C(C)CC(O)CO. The predicted molar refractivity (Wildman–Crippen MR) is 42.2 cm³/mol. The normalized spacial score (nSPS) is 16.0. The van der Waals surface area contributed by atoms with Crippen LogP contribution in [0.4, 0.5) is 0 Å². The molecule has 3 heteroatoms. The highest BCUT2D eigenvalue weighted by atomic mass is 16.3. The van der Waals surface area contributed by atoms with E-state index in [9.17, 15) is 4.79 Å². The molecule has 0 aromatic carbocycles. The standard InChI is InChI=1S/C8H16O3/c1-3-8(11)6(2)4-7(10)5-9/h6-7,9-10H,3-5H2,1-2H3. The number of ketones is 1. The molecule has 0 rings (SSSR count). The number of carbonyl (C=O) groups is 1. The Morgan fingerprint density at radius 1 is 1.55 bits per heavy atom. The topological polar surface area (TPSA) is 57.5 Å². The first-order valence-corrected chi connectivity index (χ1v) is 3.93. The minimum absolute atomic E-state index is 0.137. The van der Waals surface area contributed by atoms with Gasteiger partial charge in [0.15, 0.2) is 0 Å². The van der Waals surface area contributed by atoms with Gasteiger partial charge in [0.25, 0.3) is 0 Å². The molecule has 11 heavy (non-hydrogen) atoms. The van der Waals surface area contributed by atoms with Crippen LogP contribution in [0.3, 0.4) is 0 Å². The zero-order valence-corrected chi connectivity index (χ0v) is 7.08. The molecule has 0 fully saturated rings. The Labute approximate surface area is 67.0 Å². The lowest BCUT2D eigenvalue weighted by atomic mass is 9.98. The van der Waals surface area contributed by atoms with Crippen LogP contribution in [0.25, 0.3) is 0 Å². The summed E-state index contributed by atoms with van der Waals surface area (Å²) in [6.45, 7) is 3.30. The summed E-state index contributed by atoms with van der Waals surface area (Å²) >= 11 is 0. The highest BCUT2D eigenvalue weighted by Crippen LogP contribution is 2.08. The van der Waals surface area contributed by atoms with Crippen molar-refractivity contribution in [3.05, 3.63) is 0 Å². The Morgan fingerprint density at radius 3 is 2.45 bits per heavy atom. The first kappa shape index (κ1) is 10.6. The smallest absolute Gasteiger partial charge is 0.135 e. The quantitative estimate of drug-likeness (QED) is 0.610. The molecular formula is C8H16O3. The second-order valence-corrected chi connectivity index (χ2v) is 2.79. The van der Waals surface area contributed by atoms with E-state index in [-0.39, 0.29) is 18.3 Å².